The minimum atomic E-state index is 0.666. The molecule has 0 fully saturated rings. The van der Waals surface area contributed by atoms with Crippen molar-refractivity contribution in [2.45, 2.75) is 17.6 Å². The van der Waals surface area contributed by atoms with Crippen molar-refractivity contribution >= 4 is 40.4 Å². The lowest BCUT2D eigenvalue weighted by Crippen LogP contribution is -1.87. The SMILES string of the molecule is Cc1oc(-c2cccs2)nc1CSc1ccc(N)cc1Cl. The molecule has 0 unspecified atom stereocenters. The number of hydrogen-bond acceptors (Lipinski definition) is 5. The van der Waals surface area contributed by atoms with E-state index in [0.29, 0.717) is 22.4 Å². The molecule has 0 aliphatic rings. The average molecular weight is 337 g/mol. The summed E-state index contributed by atoms with van der Waals surface area (Å²) in [6, 6.07) is 9.53. The molecule has 0 aliphatic heterocycles. The topological polar surface area (TPSA) is 52.0 Å². The molecule has 0 saturated carbocycles. The van der Waals surface area contributed by atoms with Crippen molar-refractivity contribution in [3.05, 3.63) is 52.2 Å². The monoisotopic (exact) mass is 336 g/mol. The predicted molar refractivity (Wildman–Crippen MR) is 90.0 cm³/mol. The van der Waals surface area contributed by atoms with Gasteiger partial charge in [-0.05, 0) is 36.6 Å². The summed E-state index contributed by atoms with van der Waals surface area (Å²) in [6.07, 6.45) is 0. The second-order valence-corrected chi connectivity index (χ2v) is 6.85. The number of nitrogen functional groups attached to an aromatic ring is 1. The van der Waals surface area contributed by atoms with Crippen molar-refractivity contribution in [1.29, 1.82) is 0 Å². The Labute approximate surface area is 136 Å². The third-order valence-electron chi connectivity index (χ3n) is 2.94. The molecule has 0 radical (unpaired) electrons. The van der Waals surface area contributed by atoms with Crippen LogP contribution in [0.3, 0.4) is 0 Å². The zero-order chi connectivity index (χ0) is 14.8. The van der Waals surface area contributed by atoms with Crippen molar-refractivity contribution < 1.29 is 4.42 Å². The second kappa shape index (κ2) is 6.13. The van der Waals surface area contributed by atoms with Gasteiger partial charge in [-0.1, -0.05) is 17.7 Å². The minimum absolute atomic E-state index is 0.666. The van der Waals surface area contributed by atoms with E-state index in [1.807, 2.05) is 36.6 Å². The third kappa shape index (κ3) is 3.26. The van der Waals surface area contributed by atoms with Gasteiger partial charge in [0, 0.05) is 16.3 Å². The van der Waals surface area contributed by atoms with Crippen LogP contribution in [0.15, 0.2) is 45.0 Å². The van der Waals surface area contributed by atoms with Gasteiger partial charge in [-0.3, -0.25) is 0 Å². The molecule has 0 saturated heterocycles. The van der Waals surface area contributed by atoms with E-state index in [2.05, 4.69) is 4.98 Å². The van der Waals surface area contributed by atoms with Gasteiger partial charge >= 0.3 is 0 Å². The highest BCUT2D eigenvalue weighted by molar-refractivity contribution is 7.98. The van der Waals surface area contributed by atoms with Gasteiger partial charge in [0.1, 0.15) is 5.76 Å². The molecule has 0 amide bonds. The number of nitrogens with zero attached hydrogens (tertiary/aromatic N) is 1. The van der Waals surface area contributed by atoms with Gasteiger partial charge in [0.05, 0.1) is 15.6 Å². The number of nitrogens with two attached hydrogens (primary N) is 1. The van der Waals surface area contributed by atoms with Crippen LogP contribution in [0.1, 0.15) is 11.5 Å². The molecule has 1 aromatic carbocycles. The summed E-state index contributed by atoms with van der Waals surface area (Å²) >= 11 is 9.42. The van der Waals surface area contributed by atoms with E-state index < -0.39 is 0 Å². The molecule has 21 heavy (non-hydrogen) atoms. The van der Waals surface area contributed by atoms with Crippen LogP contribution >= 0.6 is 34.7 Å². The van der Waals surface area contributed by atoms with E-state index in [4.69, 9.17) is 21.8 Å². The lowest BCUT2D eigenvalue weighted by molar-refractivity contribution is 0.542. The van der Waals surface area contributed by atoms with Gasteiger partial charge in [0.25, 0.3) is 0 Å². The van der Waals surface area contributed by atoms with Gasteiger partial charge in [-0.2, -0.15) is 0 Å². The van der Waals surface area contributed by atoms with E-state index in [-0.39, 0.29) is 0 Å². The molecule has 6 heteroatoms. The summed E-state index contributed by atoms with van der Waals surface area (Å²) in [5.74, 6) is 2.24. The van der Waals surface area contributed by atoms with Gasteiger partial charge in [0.15, 0.2) is 0 Å². The maximum absolute atomic E-state index is 6.18. The van der Waals surface area contributed by atoms with Crippen molar-refractivity contribution in [3.8, 4) is 10.8 Å². The molecule has 2 aromatic heterocycles. The van der Waals surface area contributed by atoms with Gasteiger partial charge in [-0.15, -0.1) is 23.1 Å². The highest BCUT2D eigenvalue weighted by atomic mass is 35.5. The lowest BCUT2D eigenvalue weighted by Gasteiger charge is -2.03. The van der Waals surface area contributed by atoms with Gasteiger partial charge in [0.2, 0.25) is 5.89 Å². The molecule has 0 bridgehead atoms. The maximum atomic E-state index is 6.18. The summed E-state index contributed by atoms with van der Waals surface area (Å²) in [7, 11) is 0. The molecular weight excluding hydrogens is 324 g/mol. The van der Waals surface area contributed by atoms with Crippen LogP contribution < -0.4 is 5.73 Å². The number of aromatic nitrogens is 1. The van der Waals surface area contributed by atoms with E-state index in [0.717, 1.165) is 21.2 Å². The van der Waals surface area contributed by atoms with Crippen LogP contribution in [-0.4, -0.2) is 4.98 Å². The fourth-order valence-corrected chi connectivity index (χ4v) is 3.77. The molecule has 2 heterocycles. The highest BCUT2D eigenvalue weighted by Crippen LogP contribution is 2.33. The van der Waals surface area contributed by atoms with Crippen molar-refractivity contribution in [2.24, 2.45) is 0 Å². The van der Waals surface area contributed by atoms with Crippen molar-refractivity contribution in [3.63, 3.8) is 0 Å². The molecule has 3 rings (SSSR count). The van der Waals surface area contributed by atoms with Crippen LogP contribution in [0.2, 0.25) is 5.02 Å². The number of halogens is 1. The average Bonchev–Trinajstić information content (AvgIpc) is 3.07. The van der Waals surface area contributed by atoms with E-state index in [1.54, 1.807) is 29.2 Å². The molecule has 108 valence electrons. The van der Waals surface area contributed by atoms with Crippen LogP contribution in [-0.2, 0) is 5.75 Å². The molecular formula is C15H13ClN2OS2. The fraction of sp³-hybridized carbons (Fsp3) is 0.133. The summed E-state index contributed by atoms with van der Waals surface area (Å²) in [4.78, 5) is 6.60. The Morgan fingerprint density at radius 2 is 2.24 bits per heavy atom. The van der Waals surface area contributed by atoms with Gasteiger partial charge < -0.3 is 10.2 Å². The number of hydrogen-bond donors (Lipinski definition) is 1. The number of benzene rings is 1. The number of oxazole rings is 1. The number of rotatable bonds is 4. The first kappa shape index (κ1) is 14.5. The van der Waals surface area contributed by atoms with Crippen LogP contribution in [0.4, 0.5) is 5.69 Å². The Balaban J connectivity index is 1.76. The lowest BCUT2D eigenvalue weighted by atomic mass is 10.3. The second-order valence-electron chi connectivity index (χ2n) is 4.48. The zero-order valence-corrected chi connectivity index (χ0v) is 13.7. The van der Waals surface area contributed by atoms with E-state index >= 15 is 0 Å². The Kier molecular flexibility index (Phi) is 4.24. The normalized spacial score (nSPS) is 11.0. The summed E-state index contributed by atoms with van der Waals surface area (Å²) in [5.41, 5.74) is 7.31. The van der Waals surface area contributed by atoms with Gasteiger partial charge in [-0.25, -0.2) is 4.98 Å². The Morgan fingerprint density at radius 3 is 2.95 bits per heavy atom. The van der Waals surface area contributed by atoms with Crippen LogP contribution in [0, 0.1) is 6.92 Å². The number of thiophene rings is 1. The van der Waals surface area contributed by atoms with Crippen LogP contribution in [0.25, 0.3) is 10.8 Å². The van der Waals surface area contributed by atoms with Crippen molar-refractivity contribution in [2.75, 3.05) is 5.73 Å². The van der Waals surface area contributed by atoms with Crippen LogP contribution in [0.5, 0.6) is 0 Å². The quantitative estimate of drug-likeness (QED) is 0.523. The maximum Gasteiger partial charge on any atom is 0.236 e. The molecule has 0 aliphatic carbocycles. The number of thioether (sulfide) groups is 1. The zero-order valence-electron chi connectivity index (χ0n) is 11.3. The largest absolute Gasteiger partial charge is 0.440 e. The predicted octanol–water partition coefficient (Wildman–Crippen LogP) is 5.24. The Bertz CT molecular complexity index is 753. The molecule has 0 spiro atoms. The molecule has 2 N–H and O–H groups in total. The first-order valence-electron chi connectivity index (χ1n) is 6.31. The van der Waals surface area contributed by atoms with E-state index in [9.17, 15) is 0 Å². The summed E-state index contributed by atoms with van der Waals surface area (Å²) in [6.45, 7) is 1.94. The third-order valence-corrected chi connectivity index (χ3v) is 5.31. The Hall–Kier alpha value is -1.43. The highest BCUT2D eigenvalue weighted by Gasteiger charge is 2.13. The van der Waals surface area contributed by atoms with E-state index in [1.165, 1.54) is 0 Å². The standard InChI is InChI=1S/C15H13ClN2OS2/c1-9-12(18-15(19-9)14-3-2-6-20-14)8-21-13-5-4-10(17)7-11(13)16/h2-7H,8,17H2,1H3. The summed E-state index contributed by atoms with van der Waals surface area (Å²) < 4.78 is 5.73. The minimum Gasteiger partial charge on any atom is -0.440 e. The molecule has 3 aromatic rings. The Morgan fingerprint density at radius 1 is 1.38 bits per heavy atom. The van der Waals surface area contributed by atoms with Crippen molar-refractivity contribution in [1.82, 2.24) is 4.98 Å². The number of anilines is 1. The number of aryl methyl sites for hydroxylation is 1. The smallest absolute Gasteiger partial charge is 0.236 e. The summed E-state index contributed by atoms with van der Waals surface area (Å²) in [5, 5.41) is 2.68. The first-order chi connectivity index (χ1) is 10.1. The molecule has 3 nitrogen and oxygen atoms in total. The first-order valence-corrected chi connectivity index (χ1v) is 8.56. The fourth-order valence-electron chi connectivity index (χ4n) is 1.85. The molecule has 0 atom stereocenters.